The number of rotatable bonds is 2. The predicted octanol–water partition coefficient (Wildman–Crippen LogP) is 1.56. The predicted molar refractivity (Wildman–Crippen MR) is 60.4 cm³/mol. The van der Waals surface area contributed by atoms with E-state index >= 15 is 0 Å². The van der Waals surface area contributed by atoms with Gasteiger partial charge in [0.05, 0.1) is 12.6 Å². The Labute approximate surface area is 90.3 Å². The first kappa shape index (κ1) is 10.2. The molecule has 0 fully saturated rings. The maximum absolute atomic E-state index is 9.23. The molecule has 3 heteroatoms. The third-order valence-electron chi connectivity index (χ3n) is 2.76. The number of likely N-dealkylation sites (N-methyl/N-ethyl adjacent to an activating group) is 2. The summed E-state index contributed by atoms with van der Waals surface area (Å²) in [5.41, 5.74) is 2.41. The molecule has 0 saturated carbocycles. The minimum Gasteiger partial charge on any atom is -0.366 e. The quantitative estimate of drug-likeness (QED) is 0.691. The van der Waals surface area contributed by atoms with Crippen LogP contribution in [0.2, 0.25) is 0 Å². The molecule has 2 aliphatic rings. The summed E-state index contributed by atoms with van der Waals surface area (Å²) in [6.07, 6.45) is 12.6. The Balaban J connectivity index is 2.22. The Kier molecular flexibility index (Phi) is 2.75. The van der Waals surface area contributed by atoms with Crippen molar-refractivity contribution in [2.24, 2.45) is 0 Å². The van der Waals surface area contributed by atoms with Gasteiger partial charge in [0.1, 0.15) is 0 Å². The van der Waals surface area contributed by atoms with Crippen LogP contribution in [0.1, 0.15) is 0 Å². The maximum atomic E-state index is 9.23. The Morgan fingerprint density at radius 2 is 2.20 bits per heavy atom. The third kappa shape index (κ3) is 2.03. The summed E-state index contributed by atoms with van der Waals surface area (Å²) in [6, 6.07) is 0.315. The van der Waals surface area contributed by atoms with Crippen LogP contribution in [-0.4, -0.2) is 41.9 Å². The van der Waals surface area contributed by atoms with Crippen molar-refractivity contribution in [2.75, 3.05) is 20.6 Å². The van der Waals surface area contributed by atoms with E-state index in [1.54, 1.807) is 7.05 Å². The van der Waals surface area contributed by atoms with Gasteiger partial charge < -0.3 is 10.1 Å². The van der Waals surface area contributed by atoms with Crippen molar-refractivity contribution in [2.45, 2.75) is 6.04 Å². The van der Waals surface area contributed by atoms with Gasteiger partial charge in [-0.05, 0) is 11.6 Å². The molecular weight excluding hydrogens is 188 g/mol. The Morgan fingerprint density at radius 3 is 2.93 bits per heavy atom. The minimum atomic E-state index is 0.315. The van der Waals surface area contributed by atoms with E-state index < -0.39 is 0 Å². The van der Waals surface area contributed by atoms with E-state index in [0.717, 1.165) is 5.70 Å². The van der Waals surface area contributed by atoms with Crippen molar-refractivity contribution in [3.05, 3.63) is 47.7 Å². The molecule has 0 aromatic rings. The maximum Gasteiger partial charge on any atom is 0.0723 e. The van der Waals surface area contributed by atoms with Crippen LogP contribution in [0.5, 0.6) is 0 Å². The summed E-state index contributed by atoms with van der Waals surface area (Å²) in [4.78, 5) is 2.18. The van der Waals surface area contributed by atoms with Crippen LogP contribution in [-0.2, 0) is 0 Å². The molecule has 0 bridgehead atoms. The van der Waals surface area contributed by atoms with Gasteiger partial charge >= 0.3 is 0 Å². The molecule has 2 rings (SSSR count). The molecule has 0 amide bonds. The molecule has 1 aliphatic heterocycles. The lowest BCUT2D eigenvalue weighted by Gasteiger charge is -2.35. The fraction of sp³-hybridized carbons (Fsp3) is 0.333. The first-order valence-corrected chi connectivity index (χ1v) is 5.07. The van der Waals surface area contributed by atoms with Crippen LogP contribution in [0.3, 0.4) is 0 Å². The second-order valence-electron chi connectivity index (χ2n) is 3.94. The van der Waals surface area contributed by atoms with Gasteiger partial charge in [0, 0.05) is 19.8 Å². The average molecular weight is 204 g/mol. The molecule has 0 saturated heterocycles. The molecule has 80 valence electrons. The SMILES string of the molecule is CN(O)CC1=CC=C2C=CC=CC2N1C. The summed E-state index contributed by atoms with van der Waals surface area (Å²) in [5.74, 6) is 0. The van der Waals surface area contributed by atoms with E-state index in [-0.39, 0.29) is 0 Å². The van der Waals surface area contributed by atoms with Gasteiger partial charge in [-0.15, -0.1) is 0 Å². The van der Waals surface area contributed by atoms with Crippen molar-refractivity contribution < 1.29 is 5.21 Å². The first-order valence-electron chi connectivity index (χ1n) is 5.07. The van der Waals surface area contributed by atoms with E-state index in [1.807, 2.05) is 6.08 Å². The normalized spacial score (nSPS) is 24.0. The highest BCUT2D eigenvalue weighted by Gasteiger charge is 2.21. The molecule has 15 heavy (non-hydrogen) atoms. The van der Waals surface area contributed by atoms with Crippen LogP contribution < -0.4 is 0 Å². The van der Waals surface area contributed by atoms with Crippen molar-refractivity contribution in [3.8, 4) is 0 Å². The molecule has 1 unspecified atom stereocenters. The van der Waals surface area contributed by atoms with Gasteiger partial charge in [0.2, 0.25) is 0 Å². The van der Waals surface area contributed by atoms with E-state index in [1.165, 1.54) is 10.6 Å². The minimum absolute atomic E-state index is 0.315. The molecular formula is C12H16N2O. The van der Waals surface area contributed by atoms with E-state index in [4.69, 9.17) is 0 Å². The lowest BCUT2D eigenvalue weighted by Crippen LogP contribution is -2.37. The summed E-state index contributed by atoms with van der Waals surface area (Å²) >= 11 is 0. The van der Waals surface area contributed by atoms with E-state index in [9.17, 15) is 5.21 Å². The van der Waals surface area contributed by atoms with Crippen LogP contribution in [0, 0.1) is 0 Å². The van der Waals surface area contributed by atoms with Crippen molar-refractivity contribution >= 4 is 0 Å². The zero-order chi connectivity index (χ0) is 10.8. The molecule has 1 heterocycles. The second-order valence-corrected chi connectivity index (χ2v) is 3.94. The van der Waals surface area contributed by atoms with Crippen molar-refractivity contribution in [1.29, 1.82) is 0 Å². The van der Waals surface area contributed by atoms with Crippen LogP contribution >= 0.6 is 0 Å². The Morgan fingerprint density at radius 1 is 1.40 bits per heavy atom. The summed E-state index contributed by atoms with van der Waals surface area (Å²) in [6.45, 7) is 0.550. The lowest BCUT2D eigenvalue weighted by molar-refractivity contribution is -0.0603. The summed E-state index contributed by atoms with van der Waals surface area (Å²) in [5, 5.41) is 10.4. The average Bonchev–Trinajstić information content (AvgIpc) is 2.22. The largest absolute Gasteiger partial charge is 0.366 e. The second kappa shape index (κ2) is 4.04. The smallest absolute Gasteiger partial charge is 0.0723 e. The molecule has 0 aromatic carbocycles. The standard InChI is InChI=1S/C12H16N2O/c1-13(15)9-11-8-7-10-5-3-4-6-12(10)14(11)2/h3-8,12,15H,9H2,1-2H3. The number of hydrogen-bond acceptors (Lipinski definition) is 3. The molecule has 1 aliphatic carbocycles. The van der Waals surface area contributed by atoms with Gasteiger partial charge in [-0.1, -0.05) is 30.4 Å². The number of allylic oxidation sites excluding steroid dienone is 4. The summed E-state index contributed by atoms with van der Waals surface area (Å²) < 4.78 is 0. The monoisotopic (exact) mass is 204 g/mol. The molecule has 1 N–H and O–H groups in total. The van der Waals surface area contributed by atoms with E-state index in [2.05, 4.69) is 42.3 Å². The van der Waals surface area contributed by atoms with Gasteiger partial charge in [0.25, 0.3) is 0 Å². The Bertz CT molecular complexity index is 364. The molecule has 1 atom stereocenters. The van der Waals surface area contributed by atoms with Gasteiger partial charge in [-0.2, -0.15) is 5.06 Å². The van der Waals surface area contributed by atoms with Crippen molar-refractivity contribution in [1.82, 2.24) is 9.96 Å². The van der Waals surface area contributed by atoms with Crippen molar-refractivity contribution in [3.63, 3.8) is 0 Å². The third-order valence-corrected chi connectivity index (χ3v) is 2.76. The summed E-state index contributed by atoms with van der Waals surface area (Å²) in [7, 11) is 3.71. The fourth-order valence-electron chi connectivity index (χ4n) is 1.94. The molecule has 0 spiro atoms. The van der Waals surface area contributed by atoms with E-state index in [0.29, 0.717) is 12.6 Å². The van der Waals surface area contributed by atoms with Crippen LogP contribution in [0.4, 0.5) is 0 Å². The highest BCUT2D eigenvalue weighted by atomic mass is 16.5. The topological polar surface area (TPSA) is 26.7 Å². The fourth-order valence-corrected chi connectivity index (χ4v) is 1.94. The highest BCUT2D eigenvalue weighted by Crippen LogP contribution is 2.24. The lowest BCUT2D eigenvalue weighted by atomic mass is 9.96. The molecule has 0 aromatic heterocycles. The molecule has 0 radical (unpaired) electrons. The number of nitrogens with zero attached hydrogens (tertiary/aromatic N) is 2. The number of fused-ring (bicyclic) bond motifs is 1. The highest BCUT2D eigenvalue weighted by molar-refractivity contribution is 5.42. The van der Waals surface area contributed by atoms with Gasteiger partial charge in [-0.3, -0.25) is 0 Å². The molecule has 3 nitrogen and oxygen atoms in total. The first-order chi connectivity index (χ1) is 7.18. The zero-order valence-corrected chi connectivity index (χ0v) is 9.09. The van der Waals surface area contributed by atoms with Gasteiger partial charge in [-0.25, -0.2) is 0 Å². The van der Waals surface area contributed by atoms with Crippen LogP contribution in [0.15, 0.2) is 47.7 Å². The Hall–Kier alpha value is -1.32. The zero-order valence-electron chi connectivity index (χ0n) is 9.09. The number of hydrogen-bond donors (Lipinski definition) is 1. The number of hydroxylamine groups is 2. The van der Waals surface area contributed by atoms with Crippen LogP contribution in [0.25, 0.3) is 0 Å². The van der Waals surface area contributed by atoms with Gasteiger partial charge in [0.15, 0.2) is 0 Å².